The van der Waals surface area contributed by atoms with Crippen molar-refractivity contribution in [3.05, 3.63) is 41.2 Å². The van der Waals surface area contributed by atoms with Crippen LogP contribution in [0.5, 0.6) is 5.75 Å². The van der Waals surface area contributed by atoms with Crippen molar-refractivity contribution in [3.8, 4) is 5.75 Å². The Kier molecular flexibility index (Phi) is 4.76. The number of amides is 1. The number of carbonyl (C=O) groups excluding carboxylic acids is 1. The zero-order valence-electron chi connectivity index (χ0n) is 12.6. The van der Waals surface area contributed by atoms with Crippen LogP contribution in [0.1, 0.15) is 23.3 Å². The van der Waals surface area contributed by atoms with E-state index in [2.05, 4.69) is 9.88 Å². The summed E-state index contributed by atoms with van der Waals surface area (Å²) in [7, 11) is 0. The van der Waals surface area contributed by atoms with Gasteiger partial charge in [0.2, 0.25) is 0 Å². The molecule has 1 saturated heterocycles. The lowest BCUT2D eigenvalue weighted by atomic mass is 9.99. The molecule has 1 aliphatic heterocycles. The summed E-state index contributed by atoms with van der Waals surface area (Å²) in [5.74, 6) is -0.269. The summed E-state index contributed by atoms with van der Waals surface area (Å²) in [4.78, 5) is 17.5. The Bertz CT molecular complexity index is 691. The highest BCUT2D eigenvalue weighted by Crippen LogP contribution is 2.27. The molecule has 1 unspecified atom stereocenters. The molecule has 2 aromatic rings. The van der Waals surface area contributed by atoms with Gasteiger partial charge in [0.1, 0.15) is 5.69 Å². The Balaban J connectivity index is 1.59. The van der Waals surface area contributed by atoms with Crippen molar-refractivity contribution in [2.75, 3.05) is 24.6 Å². The van der Waals surface area contributed by atoms with Crippen LogP contribution in [-0.2, 0) is 0 Å². The molecule has 1 fully saturated rings. The molecule has 1 atom stereocenters. The number of carbonyl (C=O) groups is 1. The second-order valence-electron chi connectivity index (χ2n) is 5.58. The number of nitrogens with two attached hydrogens (primary N) is 1. The van der Waals surface area contributed by atoms with Crippen LogP contribution in [0.4, 0.5) is 9.52 Å². The summed E-state index contributed by atoms with van der Waals surface area (Å²) in [6.45, 7) is 2.13. The van der Waals surface area contributed by atoms with Crippen molar-refractivity contribution in [2.45, 2.75) is 12.8 Å². The fourth-order valence-electron chi connectivity index (χ4n) is 2.67. The van der Waals surface area contributed by atoms with Crippen molar-refractivity contribution in [1.82, 2.24) is 4.98 Å². The van der Waals surface area contributed by atoms with Crippen LogP contribution in [0.15, 0.2) is 29.6 Å². The van der Waals surface area contributed by atoms with Crippen molar-refractivity contribution < 1.29 is 13.9 Å². The number of ether oxygens (including phenoxy) is 1. The van der Waals surface area contributed by atoms with Gasteiger partial charge in [-0.05, 0) is 25.0 Å². The maximum atomic E-state index is 13.6. The van der Waals surface area contributed by atoms with Crippen molar-refractivity contribution in [2.24, 2.45) is 11.7 Å². The van der Waals surface area contributed by atoms with Gasteiger partial charge in [-0.25, -0.2) is 9.37 Å². The first-order chi connectivity index (χ1) is 11.1. The number of rotatable bonds is 5. The predicted molar refractivity (Wildman–Crippen MR) is 87.5 cm³/mol. The van der Waals surface area contributed by atoms with E-state index in [4.69, 9.17) is 10.5 Å². The maximum Gasteiger partial charge on any atom is 0.268 e. The summed E-state index contributed by atoms with van der Waals surface area (Å²) in [5.41, 5.74) is 5.54. The van der Waals surface area contributed by atoms with E-state index >= 15 is 0 Å². The van der Waals surface area contributed by atoms with Gasteiger partial charge in [-0.15, -0.1) is 11.3 Å². The molecule has 0 saturated carbocycles. The molecule has 2 N–H and O–H groups in total. The molecule has 0 spiro atoms. The standard InChI is InChI=1S/C16H18FN3O2S/c17-12-5-1-2-6-14(12)22-9-11-4-3-7-20(8-11)16-19-13(10-23-16)15(18)21/h1-2,5-6,10-11H,3-4,7-9H2,(H2,18,21). The highest BCUT2D eigenvalue weighted by atomic mass is 32.1. The van der Waals surface area contributed by atoms with Crippen LogP contribution < -0.4 is 15.4 Å². The second-order valence-corrected chi connectivity index (χ2v) is 6.41. The zero-order chi connectivity index (χ0) is 16.2. The van der Waals surface area contributed by atoms with E-state index < -0.39 is 5.91 Å². The summed E-state index contributed by atoms with van der Waals surface area (Å²) in [5, 5.41) is 2.48. The lowest BCUT2D eigenvalue weighted by Crippen LogP contribution is -2.37. The van der Waals surface area contributed by atoms with Gasteiger partial charge in [-0.2, -0.15) is 0 Å². The maximum absolute atomic E-state index is 13.6. The van der Waals surface area contributed by atoms with E-state index in [1.54, 1.807) is 23.6 Å². The predicted octanol–water partition coefficient (Wildman–Crippen LogP) is 2.68. The average Bonchev–Trinajstić information content (AvgIpc) is 3.05. The Morgan fingerprint density at radius 1 is 1.48 bits per heavy atom. The molecule has 2 heterocycles. The number of para-hydroxylation sites is 1. The number of piperidine rings is 1. The molecule has 1 amide bonds. The molecule has 1 aromatic carbocycles. The zero-order valence-corrected chi connectivity index (χ0v) is 13.4. The molecule has 122 valence electrons. The number of hydrogen-bond acceptors (Lipinski definition) is 5. The number of nitrogens with zero attached hydrogens (tertiary/aromatic N) is 2. The fourth-order valence-corrected chi connectivity index (χ4v) is 3.52. The molecule has 0 aliphatic carbocycles. The van der Waals surface area contributed by atoms with Gasteiger partial charge < -0.3 is 15.4 Å². The summed E-state index contributed by atoms with van der Waals surface area (Å²) < 4.78 is 19.2. The summed E-state index contributed by atoms with van der Waals surface area (Å²) in [6, 6.07) is 6.43. The number of primary amides is 1. The number of halogens is 1. The molecule has 3 rings (SSSR count). The molecule has 1 aromatic heterocycles. The number of thiazole rings is 1. The van der Waals surface area contributed by atoms with Gasteiger partial charge in [-0.1, -0.05) is 12.1 Å². The number of hydrogen-bond donors (Lipinski definition) is 1. The quantitative estimate of drug-likeness (QED) is 0.912. The third-order valence-corrected chi connectivity index (χ3v) is 4.75. The van der Waals surface area contributed by atoms with Crippen LogP contribution in [0.3, 0.4) is 0 Å². The minimum absolute atomic E-state index is 0.287. The molecule has 1 aliphatic rings. The van der Waals surface area contributed by atoms with Crippen molar-refractivity contribution in [3.63, 3.8) is 0 Å². The first-order valence-electron chi connectivity index (χ1n) is 7.51. The second kappa shape index (κ2) is 6.95. The van der Waals surface area contributed by atoms with E-state index in [1.807, 2.05) is 0 Å². The van der Waals surface area contributed by atoms with Gasteiger partial charge in [0.15, 0.2) is 16.7 Å². The average molecular weight is 335 g/mol. The summed E-state index contributed by atoms with van der Waals surface area (Å²) >= 11 is 1.42. The third-order valence-electron chi connectivity index (χ3n) is 3.85. The molecule has 0 radical (unpaired) electrons. The molecular weight excluding hydrogens is 317 g/mol. The highest BCUT2D eigenvalue weighted by molar-refractivity contribution is 7.13. The number of aromatic nitrogens is 1. The Morgan fingerprint density at radius 2 is 2.30 bits per heavy atom. The molecule has 7 heteroatoms. The lowest BCUT2D eigenvalue weighted by molar-refractivity contribution is 0.0996. The number of anilines is 1. The van der Waals surface area contributed by atoms with Gasteiger partial charge >= 0.3 is 0 Å². The topological polar surface area (TPSA) is 68.5 Å². The Labute approximate surface area is 137 Å². The van der Waals surface area contributed by atoms with E-state index in [1.165, 1.54) is 17.4 Å². The van der Waals surface area contributed by atoms with E-state index in [0.29, 0.717) is 18.2 Å². The van der Waals surface area contributed by atoms with E-state index in [9.17, 15) is 9.18 Å². The fraction of sp³-hybridized carbons (Fsp3) is 0.375. The first kappa shape index (κ1) is 15.7. The SMILES string of the molecule is NC(=O)c1csc(N2CCCC(COc3ccccc3F)C2)n1. The number of benzene rings is 1. The third kappa shape index (κ3) is 3.79. The van der Waals surface area contributed by atoms with Crippen LogP contribution in [0.2, 0.25) is 0 Å². The van der Waals surface area contributed by atoms with Gasteiger partial charge in [0.25, 0.3) is 5.91 Å². The van der Waals surface area contributed by atoms with Crippen LogP contribution in [0, 0.1) is 11.7 Å². The Morgan fingerprint density at radius 3 is 3.04 bits per heavy atom. The van der Waals surface area contributed by atoms with E-state index in [-0.39, 0.29) is 11.6 Å². The van der Waals surface area contributed by atoms with Crippen LogP contribution >= 0.6 is 11.3 Å². The van der Waals surface area contributed by atoms with Gasteiger partial charge in [-0.3, -0.25) is 4.79 Å². The largest absolute Gasteiger partial charge is 0.490 e. The van der Waals surface area contributed by atoms with Gasteiger partial charge in [0.05, 0.1) is 6.61 Å². The van der Waals surface area contributed by atoms with Crippen LogP contribution in [-0.4, -0.2) is 30.6 Å². The minimum Gasteiger partial charge on any atom is -0.490 e. The minimum atomic E-state index is -0.510. The molecule has 5 nitrogen and oxygen atoms in total. The van der Waals surface area contributed by atoms with Crippen molar-refractivity contribution >= 4 is 22.4 Å². The molecule has 0 bridgehead atoms. The first-order valence-corrected chi connectivity index (χ1v) is 8.39. The van der Waals surface area contributed by atoms with E-state index in [0.717, 1.165) is 31.1 Å². The lowest BCUT2D eigenvalue weighted by Gasteiger charge is -2.32. The summed E-state index contributed by atoms with van der Waals surface area (Å²) in [6.07, 6.45) is 2.04. The van der Waals surface area contributed by atoms with Crippen molar-refractivity contribution in [1.29, 1.82) is 0 Å². The van der Waals surface area contributed by atoms with Crippen LogP contribution in [0.25, 0.3) is 0 Å². The highest BCUT2D eigenvalue weighted by Gasteiger charge is 2.23. The normalized spacial score (nSPS) is 18.0. The monoisotopic (exact) mass is 335 g/mol. The smallest absolute Gasteiger partial charge is 0.268 e. The van der Waals surface area contributed by atoms with Gasteiger partial charge in [0, 0.05) is 24.4 Å². The molecular formula is C16H18FN3O2S. The Hall–Kier alpha value is -2.15. The molecule has 23 heavy (non-hydrogen) atoms.